The summed E-state index contributed by atoms with van der Waals surface area (Å²) >= 11 is 0. The van der Waals surface area contributed by atoms with E-state index in [-0.39, 0.29) is 25.4 Å². The Labute approximate surface area is 139 Å². The second kappa shape index (κ2) is 7.13. The van der Waals surface area contributed by atoms with E-state index in [0.29, 0.717) is 18.9 Å². The molecule has 0 radical (unpaired) electrons. The van der Waals surface area contributed by atoms with Gasteiger partial charge in [0, 0.05) is 37.4 Å². The molecule has 3 heterocycles. The summed E-state index contributed by atoms with van der Waals surface area (Å²) in [6.07, 6.45) is 0.0562. The summed E-state index contributed by atoms with van der Waals surface area (Å²) in [6.45, 7) is 2.00. The number of hydrogen-bond acceptors (Lipinski definition) is 3. The second-order valence-electron chi connectivity index (χ2n) is 6.81. The van der Waals surface area contributed by atoms with Gasteiger partial charge in [0.15, 0.2) is 0 Å². The third kappa shape index (κ3) is 4.09. The van der Waals surface area contributed by atoms with Crippen molar-refractivity contribution in [2.24, 2.45) is 5.92 Å². The first-order valence-electron chi connectivity index (χ1n) is 8.49. The number of nitrogens with zero attached hydrogens (tertiary/aromatic N) is 3. The van der Waals surface area contributed by atoms with Crippen molar-refractivity contribution in [2.75, 3.05) is 32.7 Å². The SMILES string of the molecule is O=C(CN1CCC[C@H](c2ccn[nH]2)C1)N1CCC[C@@H](C(F)(F)F)C1. The molecule has 8 heteroatoms. The molecule has 3 rings (SSSR count). The Morgan fingerprint density at radius 2 is 2.04 bits per heavy atom. The number of piperidine rings is 2. The van der Waals surface area contributed by atoms with Crippen LogP contribution in [0.2, 0.25) is 0 Å². The van der Waals surface area contributed by atoms with Crippen LogP contribution in [0.5, 0.6) is 0 Å². The lowest BCUT2D eigenvalue weighted by atomic mass is 9.94. The Morgan fingerprint density at radius 3 is 2.75 bits per heavy atom. The fourth-order valence-electron chi connectivity index (χ4n) is 3.71. The largest absolute Gasteiger partial charge is 0.393 e. The van der Waals surface area contributed by atoms with E-state index in [2.05, 4.69) is 15.1 Å². The molecule has 24 heavy (non-hydrogen) atoms. The maximum Gasteiger partial charge on any atom is 0.393 e. The summed E-state index contributed by atoms with van der Waals surface area (Å²) in [7, 11) is 0. The van der Waals surface area contributed by atoms with E-state index in [0.717, 1.165) is 31.6 Å². The molecule has 1 amide bonds. The zero-order valence-corrected chi connectivity index (χ0v) is 13.6. The van der Waals surface area contributed by atoms with Gasteiger partial charge in [-0.15, -0.1) is 0 Å². The Bertz CT molecular complexity index is 546. The quantitative estimate of drug-likeness (QED) is 0.916. The molecule has 2 fully saturated rings. The first-order chi connectivity index (χ1) is 11.4. The number of hydrogen-bond donors (Lipinski definition) is 1. The molecule has 1 N–H and O–H groups in total. The van der Waals surface area contributed by atoms with E-state index >= 15 is 0 Å². The third-order valence-corrected chi connectivity index (χ3v) is 5.06. The fraction of sp³-hybridized carbons (Fsp3) is 0.750. The van der Waals surface area contributed by atoms with E-state index in [9.17, 15) is 18.0 Å². The number of aromatic nitrogens is 2. The van der Waals surface area contributed by atoms with Crippen molar-refractivity contribution in [3.05, 3.63) is 18.0 Å². The van der Waals surface area contributed by atoms with Gasteiger partial charge in [-0.3, -0.25) is 14.8 Å². The molecule has 1 aromatic rings. The average molecular weight is 344 g/mol. The van der Waals surface area contributed by atoms with Crippen molar-refractivity contribution in [1.82, 2.24) is 20.0 Å². The molecule has 0 spiro atoms. The number of rotatable bonds is 3. The van der Waals surface area contributed by atoms with Crippen molar-refractivity contribution in [3.63, 3.8) is 0 Å². The Balaban J connectivity index is 1.54. The number of halogens is 3. The lowest BCUT2D eigenvalue weighted by Crippen LogP contribution is -2.49. The van der Waals surface area contributed by atoms with Crippen molar-refractivity contribution < 1.29 is 18.0 Å². The van der Waals surface area contributed by atoms with E-state index in [1.54, 1.807) is 6.20 Å². The molecule has 134 valence electrons. The minimum atomic E-state index is -4.21. The van der Waals surface area contributed by atoms with Gasteiger partial charge >= 0.3 is 6.18 Å². The van der Waals surface area contributed by atoms with E-state index in [1.165, 1.54) is 4.90 Å². The maximum atomic E-state index is 12.9. The van der Waals surface area contributed by atoms with Crippen molar-refractivity contribution >= 4 is 5.91 Å². The molecular formula is C16H23F3N4O. The van der Waals surface area contributed by atoms with Crippen LogP contribution in [0.15, 0.2) is 12.3 Å². The highest BCUT2D eigenvalue weighted by atomic mass is 19.4. The summed E-state index contributed by atoms with van der Waals surface area (Å²) in [5.74, 6) is -1.26. The van der Waals surface area contributed by atoms with Crippen LogP contribution in [-0.2, 0) is 4.79 Å². The number of aromatic amines is 1. The van der Waals surface area contributed by atoms with Crippen molar-refractivity contribution in [3.8, 4) is 0 Å². The highest BCUT2D eigenvalue weighted by Gasteiger charge is 2.42. The van der Waals surface area contributed by atoms with Crippen LogP contribution < -0.4 is 0 Å². The van der Waals surface area contributed by atoms with Crippen LogP contribution in [0.4, 0.5) is 13.2 Å². The van der Waals surface area contributed by atoms with Crippen LogP contribution in [0, 0.1) is 5.92 Å². The lowest BCUT2D eigenvalue weighted by molar-refractivity contribution is -0.188. The fourth-order valence-corrected chi connectivity index (χ4v) is 3.71. The summed E-state index contributed by atoms with van der Waals surface area (Å²) in [6, 6.07) is 1.94. The second-order valence-corrected chi connectivity index (χ2v) is 6.81. The van der Waals surface area contributed by atoms with Gasteiger partial charge in [-0.25, -0.2) is 0 Å². The zero-order valence-electron chi connectivity index (χ0n) is 13.6. The summed E-state index contributed by atoms with van der Waals surface area (Å²) in [5, 5.41) is 6.93. The first-order valence-corrected chi connectivity index (χ1v) is 8.49. The van der Waals surface area contributed by atoms with Crippen LogP contribution in [0.3, 0.4) is 0 Å². The van der Waals surface area contributed by atoms with Crippen LogP contribution >= 0.6 is 0 Å². The van der Waals surface area contributed by atoms with Gasteiger partial charge in [-0.2, -0.15) is 18.3 Å². The number of amides is 1. The molecular weight excluding hydrogens is 321 g/mol. The average Bonchev–Trinajstić information content (AvgIpc) is 3.09. The molecule has 2 saturated heterocycles. The number of nitrogens with one attached hydrogen (secondary N) is 1. The van der Waals surface area contributed by atoms with E-state index in [1.807, 2.05) is 6.07 Å². The monoisotopic (exact) mass is 344 g/mol. The predicted octanol–water partition coefficient (Wildman–Crippen LogP) is 2.39. The molecule has 0 saturated carbocycles. The van der Waals surface area contributed by atoms with Crippen LogP contribution in [0.1, 0.15) is 37.3 Å². The Kier molecular flexibility index (Phi) is 5.12. The normalized spacial score (nSPS) is 26.5. The van der Waals surface area contributed by atoms with Crippen LogP contribution in [-0.4, -0.2) is 64.8 Å². The van der Waals surface area contributed by atoms with E-state index in [4.69, 9.17) is 0 Å². The van der Waals surface area contributed by atoms with Gasteiger partial charge in [0.25, 0.3) is 0 Å². The van der Waals surface area contributed by atoms with Crippen LogP contribution in [0.25, 0.3) is 0 Å². The molecule has 1 aromatic heterocycles. The first kappa shape index (κ1) is 17.3. The molecule has 5 nitrogen and oxygen atoms in total. The smallest absolute Gasteiger partial charge is 0.341 e. The summed E-state index contributed by atoms with van der Waals surface area (Å²) < 4.78 is 38.7. The number of H-pyrrole nitrogens is 1. The molecule has 0 aromatic carbocycles. The standard InChI is InChI=1S/C16H23F3N4O/c17-16(18,19)13-4-2-8-23(10-13)15(24)11-22-7-1-3-12(9-22)14-5-6-20-21-14/h5-6,12-13H,1-4,7-11H2,(H,20,21)/t12-,13+/m0/s1. The Hall–Kier alpha value is -1.57. The molecule has 2 aliphatic heterocycles. The minimum Gasteiger partial charge on any atom is -0.341 e. The highest BCUT2D eigenvalue weighted by Crippen LogP contribution is 2.33. The lowest BCUT2D eigenvalue weighted by Gasteiger charge is -2.36. The third-order valence-electron chi connectivity index (χ3n) is 5.06. The van der Waals surface area contributed by atoms with Gasteiger partial charge in [0.2, 0.25) is 5.91 Å². The highest BCUT2D eigenvalue weighted by molar-refractivity contribution is 5.78. The molecule has 0 aliphatic carbocycles. The zero-order chi connectivity index (χ0) is 17.2. The van der Waals surface area contributed by atoms with Gasteiger partial charge in [-0.05, 0) is 38.3 Å². The number of alkyl halides is 3. The predicted molar refractivity (Wildman–Crippen MR) is 82.4 cm³/mol. The molecule has 0 unspecified atom stereocenters. The molecule has 2 atom stereocenters. The molecule has 2 aliphatic rings. The summed E-state index contributed by atoms with van der Waals surface area (Å²) in [5.41, 5.74) is 1.06. The molecule has 0 bridgehead atoms. The number of likely N-dealkylation sites (tertiary alicyclic amines) is 2. The van der Waals surface area contributed by atoms with Gasteiger partial charge in [0.1, 0.15) is 0 Å². The minimum absolute atomic E-state index is 0.124. The van der Waals surface area contributed by atoms with Gasteiger partial charge in [-0.1, -0.05) is 0 Å². The maximum absolute atomic E-state index is 12.9. The summed E-state index contributed by atoms with van der Waals surface area (Å²) in [4.78, 5) is 15.9. The number of carbonyl (C=O) groups is 1. The topological polar surface area (TPSA) is 52.2 Å². The van der Waals surface area contributed by atoms with Gasteiger partial charge in [0.05, 0.1) is 12.5 Å². The van der Waals surface area contributed by atoms with Crippen molar-refractivity contribution in [2.45, 2.75) is 37.8 Å². The van der Waals surface area contributed by atoms with Crippen molar-refractivity contribution in [1.29, 1.82) is 0 Å². The number of carbonyl (C=O) groups excluding carboxylic acids is 1. The Morgan fingerprint density at radius 1 is 1.25 bits per heavy atom. The van der Waals surface area contributed by atoms with Gasteiger partial charge < -0.3 is 4.90 Å². The van der Waals surface area contributed by atoms with E-state index < -0.39 is 12.1 Å².